The van der Waals surface area contributed by atoms with Crippen molar-refractivity contribution >= 4 is 17.6 Å². The lowest BCUT2D eigenvalue weighted by molar-refractivity contribution is 0.186. The molecular weight excluding hydrogens is 405 g/mol. The summed E-state index contributed by atoms with van der Waals surface area (Å²) in [6.07, 6.45) is 7.00. The SMILES string of the molecule is Cc1ncc2c(n1)CN(C(=O)N[C@H](CCCCCC[NH-])c1ccc(Cl)c(F)c1)CC2. The fourth-order valence-electron chi connectivity index (χ4n) is 3.69. The first-order valence-electron chi connectivity index (χ1n) is 10.4. The Bertz CT molecular complexity index is 879. The molecule has 0 bridgehead atoms. The van der Waals surface area contributed by atoms with Gasteiger partial charge in [-0.3, -0.25) is 0 Å². The van der Waals surface area contributed by atoms with E-state index in [2.05, 4.69) is 15.3 Å². The number of benzene rings is 1. The molecule has 0 saturated carbocycles. The van der Waals surface area contributed by atoms with Gasteiger partial charge in [0.2, 0.25) is 0 Å². The molecule has 2 heterocycles. The van der Waals surface area contributed by atoms with Crippen molar-refractivity contribution in [2.24, 2.45) is 0 Å². The van der Waals surface area contributed by atoms with Gasteiger partial charge in [-0.25, -0.2) is 19.2 Å². The maximum Gasteiger partial charge on any atom is 0.318 e. The number of nitrogens with one attached hydrogen (secondary N) is 2. The van der Waals surface area contributed by atoms with Gasteiger partial charge < -0.3 is 16.0 Å². The molecule has 0 radical (unpaired) electrons. The first-order chi connectivity index (χ1) is 14.5. The van der Waals surface area contributed by atoms with Crippen LogP contribution in [0.15, 0.2) is 24.4 Å². The second kappa shape index (κ2) is 10.7. The first-order valence-corrected chi connectivity index (χ1v) is 10.8. The number of hydrogen-bond acceptors (Lipinski definition) is 3. The summed E-state index contributed by atoms with van der Waals surface area (Å²) in [5.74, 6) is 0.208. The molecule has 8 heteroatoms. The normalized spacial score (nSPS) is 14.3. The Balaban J connectivity index is 1.68. The number of fused-ring (bicyclic) bond motifs is 1. The number of amides is 2. The van der Waals surface area contributed by atoms with E-state index in [0.29, 0.717) is 37.4 Å². The maximum atomic E-state index is 14.0. The molecule has 30 heavy (non-hydrogen) atoms. The molecule has 3 rings (SSSR count). The van der Waals surface area contributed by atoms with Crippen LogP contribution in [0, 0.1) is 12.7 Å². The minimum Gasteiger partial charge on any atom is -0.677 e. The van der Waals surface area contributed by atoms with Crippen LogP contribution < -0.4 is 5.32 Å². The monoisotopic (exact) mass is 432 g/mol. The first kappa shape index (κ1) is 22.4. The molecule has 0 unspecified atom stereocenters. The van der Waals surface area contributed by atoms with E-state index in [1.165, 1.54) is 12.1 Å². The van der Waals surface area contributed by atoms with Crippen molar-refractivity contribution in [1.29, 1.82) is 0 Å². The Morgan fingerprint density at radius 2 is 2.13 bits per heavy atom. The lowest BCUT2D eigenvalue weighted by Gasteiger charge is -2.30. The summed E-state index contributed by atoms with van der Waals surface area (Å²) < 4.78 is 14.0. The van der Waals surface area contributed by atoms with Crippen LogP contribution >= 0.6 is 11.6 Å². The minimum absolute atomic E-state index is 0.0713. The second-order valence-electron chi connectivity index (χ2n) is 7.69. The van der Waals surface area contributed by atoms with Gasteiger partial charge in [0.05, 0.1) is 23.3 Å². The zero-order valence-electron chi connectivity index (χ0n) is 17.3. The van der Waals surface area contributed by atoms with Gasteiger partial charge in [-0.15, -0.1) is 0 Å². The van der Waals surface area contributed by atoms with E-state index in [4.69, 9.17) is 17.3 Å². The average molecular weight is 433 g/mol. The van der Waals surface area contributed by atoms with Gasteiger partial charge in [0.1, 0.15) is 11.6 Å². The number of rotatable bonds is 8. The largest absolute Gasteiger partial charge is 0.677 e. The third-order valence-electron chi connectivity index (χ3n) is 5.42. The van der Waals surface area contributed by atoms with Crippen LogP contribution in [0.25, 0.3) is 5.73 Å². The van der Waals surface area contributed by atoms with E-state index in [1.807, 2.05) is 13.1 Å². The van der Waals surface area contributed by atoms with Gasteiger partial charge in [0.15, 0.2) is 0 Å². The lowest BCUT2D eigenvalue weighted by atomic mass is 9.99. The van der Waals surface area contributed by atoms with Crippen LogP contribution in [0.4, 0.5) is 9.18 Å². The molecule has 6 nitrogen and oxygen atoms in total. The number of carbonyl (C=O) groups is 1. The van der Waals surface area contributed by atoms with Crippen molar-refractivity contribution in [2.75, 3.05) is 13.1 Å². The van der Waals surface area contributed by atoms with Crippen molar-refractivity contribution in [3.05, 3.63) is 63.6 Å². The molecule has 1 aliphatic rings. The quantitative estimate of drug-likeness (QED) is 0.567. The molecule has 0 aliphatic carbocycles. The third kappa shape index (κ3) is 5.89. The number of halogens is 2. The maximum absolute atomic E-state index is 14.0. The van der Waals surface area contributed by atoms with E-state index in [0.717, 1.165) is 43.4 Å². The van der Waals surface area contributed by atoms with Gasteiger partial charge in [-0.05, 0) is 43.0 Å². The number of aryl methyl sites for hydroxylation is 1. The summed E-state index contributed by atoms with van der Waals surface area (Å²) in [5.41, 5.74) is 9.92. The number of nitrogens with zero attached hydrogens (tertiary/aromatic N) is 3. The lowest BCUT2D eigenvalue weighted by Crippen LogP contribution is -2.44. The third-order valence-corrected chi connectivity index (χ3v) is 5.72. The summed E-state index contributed by atoms with van der Waals surface area (Å²) in [7, 11) is 0. The number of hydrogen-bond donors (Lipinski definition) is 1. The summed E-state index contributed by atoms with van der Waals surface area (Å²) in [4.78, 5) is 23.4. The molecule has 0 fully saturated rings. The smallest absolute Gasteiger partial charge is 0.318 e. The van der Waals surface area contributed by atoms with Gasteiger partial charge in [0, 0.05) is 12.7 Å². The van der Waals surface area contributed by atoms with Crippen LogP contribution in [0.3, 0.4) is 0 Å². The highest BCUT2D eigenvalue weighted by Gasteiger charge is 2.25. The molecule has 1 aromatic heterocycles. The number of carbonyl (C=O) groups excluding carboxylic acids is 1. The Hall–Kier alpha value is -2.25. The Kier molecular flexibility index (Phi) is 7.99. The number of urea groups is 1. The molecule has 1 aromatic carbocycles. The van der Waals surface area contributed by atoms with Crippen molar-refractivity contribution in [3.8, 4) is 0 Å². The van der Waals surface area contributed by atoms with Crippen LogP contribution in [-0.4, -0.2) is 34.0 Å². The number of aromatic nitrogens is 2. The van der Waals surface area contributed by atoms with Crippen molar-refractivity contribution in [1.82, 2.24) is 20.2 Å². The summed E-state index contributed by atoms with van der Waals surface area (Å²) in [5, 5.41) is 3.15. The van der Waals surface area contributed by atoms with E-state index < -0.39 is 5.82 Å². The molecule has 2 N–H and O–H groups in total. The van der Waals surface area contributed by atoms with Crippen molar-refractivity contribution in [3.63, 3.8) is 0 Å². The van der Waals surface area contributed by atoms with Crippen molar-refractivity contribution in [2.45, 2.75) is 58.0 Å². The van der Waals surface area contributed by atoms with Gasteiger partial charge in [0.25, 0.3) is 0 Å². The van der Waals surface area contributed by atoms with Crippen molar-refractivity contribution < 1.29 is 9.18 Å². The predicted molar refractivity (Wildman–Crippen MR) is 116 cm³/mol. The molecular formula is C22H28ClFN5O-. The Morgan fingerprint density at radius 3 is 2.90 bits per heavy atom. The highest BCUT2D eigenvalue weighted by molar-refractivity contribution is 6.30. The van der Waals surface area contributed by atoms with E-state index in [-0.39, 0.29) is 17.1 Å². The molecule has 2 aromatic rings. The fourth-order valence-corrected chi connectivity index (χ4v) is 3.81. The minimum atomic E-state index is -0.485. The molecule has 162 valence electrons. The standard InChI is InChI=1S/C22H28ClFN5O/c1-15-26-13-17-9-11-29(14-21(17)27-15)22(30)28-20(6-4-2-3-5-10-25)16-7-8-18(23)19(24)12-16/h7-8,12-13,20,25H,2-6,9-11,14H2,1H3,(H,28,30)/q-1/t20-/m1/s1. The molecule has 1 aliphatic heterocycles. The van der Waals surface area contributed by atoms with E-state index in [1.54, 1.807) is 11.0 Å². The zero-order chi connectivity index (χ0) is 21.5. The summed E-state index contributed by atoms with van der Waals surface area (Å²) >= 11 is 5.83. The van der Waals surface area contributed by atoms with E-state index >= 15 is 0 Å². The zero-order valence-corrected chi connectivity index (χ0v) is 18.0. The summed E-state index contributed by atoms with van der Waals surface area (Å²) in [6, 6.07) is 4.22. The van der Waals surface area contributed by atoms with Crippen LogP contribution in [0.1, 0.15) is 60.8 Å². The van der Waals surface area contributed by atoms with Crippen LogP contribution in [0.5, 0.6) is 0 Å². The topological polar surface area (TPSA) is 81.9 Å². The highest BCUT2D eigenvalue weighted by atomic mass is 35.5. The van der Waals surface area contributed by atoms with E-state index in [9.17, 15) is 9.18 Å². The van der Waals surface area contributed by atoms with Crippen LogP contribution in [0.2, 0.25) is 5.02 Å². The Labute approximate surface area is 182 Å². The van der Waals surface area contributed by atoms with Crippen LogP contribution in [-0.2, 0) is 13.0 Å². The van der Waals surface area contributed by atoms with Gasteiger partial charge >= 0.3 is 6.03 Å². The highest BCUT2D eigenvalue weighted by Crippen LogP contribution is 2.25. The molecule has 0 saturated heterocycles. The predicted octanol–water partition coefficient (Wildman–Crippen LogP) is 5.39. The molecule has 1 atom stereocenters. The molecule has 2 amide bonds. The fraction of sp³-hybridized carbons (Fsp3) is 0.500. The Morgan fingerprint density at radius 1 is 1.33 bits per heavy atom. The number of unbranched alkanes of at least 4 members (excludes halogenated alkanes) is 3. The average Bonchev–Trinajstić information content (AvgIpc) is 2.74. The van der Waals surface area contributed by atoms with Gasteiger partial charge in [-0.2, -0.15) is 6.54 Å². The summed E-state index contributed by atoms with van der Waals surface area (Å²) in [6.45, 7) is 3.30. The van der Waals surface area contributed by atoms with Gasteiger partial charge in [-0.1, -0.05) is 43.4 Å². The molecule has 0 spiro atoms. The second-order valence-corrected chi connectivity index (χ2v) is 8.10.